The highest BCUT2D eigenvalue weighted by atomic mass is 35.5. The smallest absolute Gasteiger partial charge is 0.252 e. The first-order valence-corrected chi connectivity index (χ1v) is 10.2. The van der Waals surface area contributed by atoms with Crippen molar-refractivity contribution >= 4 is 29.1 Å². The van der Waals surface area contributed by atoms with E-state index in [-0.39, 0.29) is 17.4 Å². The van der Waals surface area contributed by atoms with E-state index in [0.29, 0.717) is 11.4 Å². The van der Waals surface area contributed by atoms with Crippen LogP contribution in [-0.2, 0) is 4.74 Å². The van der Waals surface area contributed by atoms with E-state index in [1.807, 2.05) is 48.5 Å². The Bertz CT molecular complexity index is 887. The molecule has 0 fully saturated rings. The number of benzene rings is 2. The molecular formula is C20H18ClNO4S. The molecule has 140 valence electrons. The maximum atomic E-state index is 10.5. The molecule has 2 atom stereocenters. The van der Waals surface area contributed by atoms with Crippen molar-refractivity contribution < 1.29 is 14.4 Å². The summed E-state index contributed by atoms with van der Waals surface area (Å²) in [5.41, 5.74) is 2.04. The van der Waals surface area contributed by atoms with Crippen molar-refractivity contribution in [2.75, 3.05) is 12.3 Å². The van der Waals surface area contributed by atoms with Crippen molar-refractivity contribution in [1.29, 1.82) is 0 Å². The lowest BCUT2D eigenvalue weighted by Crippen LogP contribution is -2.16. The van der Waals surface area contributed by atoms with E-state index in [9.17, 15) is 10.1 Å². The predicted molar refractivity (Wildman–Crippen MR) is 107 cm³/mol. The van der Waals surface area contributed by atoms with Gasteiger partial charge in [-0.25, -0.2) is 0 Å². The molecule has 7 heteroatoms. The Morgan fingerprint density at radius 1 is 1.11 bits per heavy atom. The van der Waals surface area contributed by atoms with Crippen molar-refractivity contribution in [3.63, 3.8) is 0 Å². The Kier molecular flexibility index (Phi) is 5.27. The van der Waals surface area contributed by atoms with Crippen LogP contribution in [0.5, 0.6) is 5.75 Å². The lowest BCUT2D eigenvalue weighted by Gasteiger charge is -2.11. The summed E-state index contributed by atoms with van der Waals surface area (Å²) in [5.74, 6) is 2.40. The second kappa shape index (κ2) is 7.82. The first kappa shape index (κ1) is 18.2. The van der Waals surface area contributed by atoms with Gasteiger partial charge in [-0.1, -0.05) is 41.9 Å². The highest BCUT2D eigenvalue weighted by Gasteiger charge is 2.46. The van der Waals surface area contributed by atoms with Gasteiger partial charge in [0.05, 0.1) is 5.92 Å². The molecule has 2 unspecified atom stereocenters. The average Bonchev–Trinajstić information content (AvgIpc) is 3.18. The van der Waals surface area contributed by atoms with Crippen LogP contribution in [0.3, 0.4) is 0 Å². The fourth-order valence-electron chi connectivity index (χ4n) is 3.36. The molecule has 27 heavy (non-hydrogen) atoms. The molecule has 2 heterocycles. The molecule has 5 nitrogen and oxygen atoms in total. The van der Waals surface area contributed by atoms with Crippen LogP contribution in [0.2, 0.25) is 5.02 Å². The molecule has 2 aliphatic heterocycles. The molecule has 2 aromatic carbocycles. The van der Waals surface area contributed by atoms with Gasteiger partial charge in [0.2, 0.25) is 6.54 Å². The summed E-state index contributed by atoms with van der Waals surface area (Å²) in [6, 6.07) is 15.6. The van der Waals surface area contributed by atoms with Crippen LogP contribution in [0.4, 0.5) is 0 Å². The lowest BCUT2D eigenvalue weighted by atomic mass is 9.99. The number of nitrogens with zero attached hydrogens (tertiary/aromatic N) is 1. The topological polar surface area (TPSA) is 61.6 Å². The van der Waals surface area contributed by atoms with Crippen LogP contribution >= 0.6 is 23.4 Å². The minimum Gasteiger partial charge on any atom is -0.454 e. The van der Waals surface area contributed by atoms with Crippen LogP contribution in [0.15, 0.2) is 53.4 Å². The number of unbranched alkanes of at least 4 members (excludes halogenated alkanes) is 1. The van der Waals surface area contributed by atoms with E-state index in [1.165, 1.54) is 0 Å². The number of rotatable bonds is 7. The lowest BCUT2D eigenvalue weighted by molar-refractivity contribution is -0.480. The number of thioether (sulfide) groups is 1. The van der Waals surface area contributed by atoms with E-state index in [4.69, 9.17) is 21.1 Å². The van der Waals surface area contributed by atoms with Gasteiger partial charge in [0.1, 0.15) is 11.5 Å². The largest absolute Gasteiger partial charge is 0.454 e. The maximum Gasteiger partial charge on any atom is 0.252 e. The second-order valence-corrected chi connectivity index (χ2v) is 8.01. The van der Waals surface area contributed by atoms with Crippen molar-refractivity contribution in [1.82, 2.24) is 0 Å². The van der Waals surface area contributed by atoms with Crippen LogP contribution < -0.4 is 4.74 Å². The summed E-state index contributed by atoms with van der Waals surface area (Å²) in [6.45, 7) is 0.00918. The fraction of sp³-hybridized carbons (Fsp3) is 0.300. The van der Waals surface area contributed by atoms with Crippen LogP contribution in [0.25, 0.3) is 5.76 Å². The predicted octanol–water partition coefficient (Wildman–Crippen LogP) is 5.33. The molecule has 0 amide bonds. The molecule has 0 saturated carbocycles. The van der Waals surface area contributed by atoms with Gasteiger partial charge < -0.3 is 9.47 Å². The van der Waals surface area contributed by atoms with Gasteiger partial charge in [0.15, 0.2) is 0 Å². The molecule has 0 aliphatic carbocycles. The molecular weight excluding hydrogens is 386 g/mol. The molecule has 0 N–H and O–H groups in total. The zero-order valence-corrected chi connectivity index (χ0v) is 16.0. The fourth-order valence-corrected chi connectivity index (χ4v) is 4.83. The van der Waals surface area contributed by atoms with E-state index in [2.05, 4.69) is 0 Å². The number of halogens is 1. The molecule has 0 spiro atoms. The number of fused-ring (bicyclic) bond motifs is 3. The Labute approximate surface area is 166 Å². The van der Waals surface area contributed by atoms with Gasteiger partial charge >= 0.3 is 0 Å². The Balaban J connectivity index is 1.61. The summed E-state index contributed by atoms with van der Waals surface area (Å²) in [6.07, 6.45) is 0.953. The van der Waals surface area contributed by atoms with Crippen molar-refractivity contribution in [3.8, 4) is 5.75 Å². The third kappa shape index (κ3) is 3.77. The van der Waals surface area contributed by atoms with Gasteiger partial charge in [-0.15, -0.1) is 11.8 Å². The third-order valence-electron chi connectivity index (χ3n) is 4.59. The maximum absolute atomic E-state index is 10.5. The quantitative estimate of drug-likeness (QED) is 0.355. The molecule has 4 rings (SSSR count). The van der Waals surface area contributed by atoms with Gasteiger partial charge in [-0.3, -0.25) is 10.1 Å². The zero-order valence-electron chi connectivity index (χ0n) is 14.5. The molecule has 2 aromatic rings. The Hall–Kier alpha value is -2.18. The summed E-state index contributed by atoms with van der Waals surface area (Å²) in [7, 11) is 0. The monoisotopic (exact) mass is 403 g/mol. The number of hydrogen-bond donors (Lipinski definition) is 0. The molecule has 0 aromatic heterocycles. The summed E-state index contributed by atoms with van der Waals surface area (Å²) in [4.78, 5) is 11.4. The summed E-state index contributed by atoms with van der Waals surface area (Å²) in [5, 5.41) is 11.2. The van der Waals surface area contributed by atoms with E-state index >= 15 is 0 Å². The van der Waals surface area contributed by atoms with Crippen molar-refractivity contribution in [3.05, 3.63) is 79.7 Å². The van der Waals surface area contributed by atoms with Crippen LogP contribution in [0.1, 0.15) is 29.9 Å². The number of nitro groups is 1. The van der Waals surface area contributed by atoms with Crippen molar-refractivity contribution in [2.45, 2.75) is 25.0 Å². The normalized spacial score (nSPS) is 20.0. The van der Waals surface area contributed by atoms with E-state index in [0.717, 1.165) is 39.7 Å². The van der Waals surface area contributed by atoms with Crippen LogP contribution in [-0.4, -0.2) is 23.5 Å². The highest BCUT2D eigenvalue weighted by molar-refractivity contribution is 8.03. The highest BCUT2D eigenvalue weighted by Crippen LogP contribution is 2.54. The van der Waals surface area contributed by atoms with Gasteiger partial charge in [0, 0.05) is 32.4 Å². The van der Waals surface area contributed by atoms with Gasteiger partial charge in [-0.05, 0) is 30.4 Å². The number of ether oxygens (including phenoxy) is 2. The summed E-state index contributed by atoms with van der Waals surface area (Å²) < 4.78 is 12.2. The van der Waals surface area contributed by atoms with Crippen molar-refractivity contribution in [2.24, 2.45) is 0 Å². The molecule has 0 radical (unpaired) electrons. The summed E-state index contributed by atoms with van der Waals surface area (Å²) >= 11 is 7.90. The minimum absolute atomic E-state index is 0.00918. The third-order valence-corrected chi connectivity index (χ3v) is 6.07. The standard InChI is InChI=1S/C20H18ClNO4S/c21-14-8-9-16-15(12-14)17-19(27-11-5-4-10-22(23)24)18(26-20(17)25-16)13-6-2-1-3-7-13/h1-3,6-9,12,17,20H,4-5,10-11H2. The zero-order chi connectivity index (χ0) is 18.8. The second-order valence-electron chi connectivity index (χ2n) is 6.44. The Morgan fingerprint density at radius 3 is 2.70 bits per heavy atom. The van der Waals surface area contributed by atoms with E-state index < -0.39 is 6.29 Å². The average molecular weight is 404 g/mol. The minimum atomic E-state index is -0.394. The van der Waals surface area contributed by atoms with Gasteiger partial charge in [-0.2, -0.15) is 0 Å². The molecule has 0 bridgehead atoms. The number of hydrogen-bond acceptors (Lipinski definition) is 5. The van der Waals surface area contributed by atoms with Gasteiger partial charge in [0.25, 0.3) is 6.29 Å². The van der Waals surface area contributed by atoms with E-state index in [1.54, 1.807) is 11.8 Å². The first-order chi connectivity index (χ1) is 13.1. The molecule has 0 saturated heterocycles. The first-order valence-electron chi connectivity index (χ1n) is 8.80. The SMILES string of the molecule is O=[N+]([O-])CCCCSC1=C(c2ccccc2)OC2Oc3ccc(Cl)cc3C12. The Morgan fingerprint density at radius 2 is 1.93 bits per heavy atom. The molecule has 2 aliphatic rings. The van der Waals surface area contributed by atoms with Crippen LogP contribution in [0, 0.1) is 10.1 Å².